The molecule has 0 unspecified atom stereocenters. The number of unbranched alkanes of at least 4 members (excludes halogenated alkanes) is 3. The summed E-state index contributed by atoms with van der Waals surface area (Å²) < 4.78 is 0. The summed E-state index contributed by atoms with van der Waals surface area (Å²) in [7, 11) is 0. The van der Waals surface area contributed by atoms with Crippen LogP contribution in [0.2, 0.25) is 0 Å². The number of nitrogens with one attached hydrogen (secondary N) is 2. The zero-order valence-electron chi connectivity index (χ0n) is 11.4. The summed E-state index contributed by atoms with van der Waals surface area (Å²) in [4.78, 5) is 8.46. The van der Waals surface area contributed by atoms with Gasteiger partial charge in [-0.25, -0.2) is 9.97 Å². The molecule has 0 saturated carbocycles. The first-order valence-electron chi connectivity index (χ1n) is 6.69. The standard InChI is InChI=1S/C13H24N4O/c1-3-14-12-11(2)13(17-10-16-12)15-8-6-4-5-7-9-18/h10,18H,3-9H2,1-2H3,(H2,14,15,16,17). The molecule has 1 aromatic rings. The molecular weight excluding hydrogens is 228 g/mol. The fraction of sp³-hybridized carbons (Fsp3) is 0.692. The lowest BCUT2D eigenvalue weighted by Crippen LogP contribution is -2.09. The number of aliphatic hydroxyl groups is 1. The second-order valence-corrected chi connectivity index (χ2v) is 4.29. The molecule has 0 spiro atoms. The van der Waals surface area contributed by atoms with Gasteiger partial charge in [0.1, 0.15) is 18.0 Å². The largest absolute Gasteiger partial charge is 0.396 e. The maximum Gasteiger partial charge on any atom is 0.134 e. The van der Waals surface area contributed by atoms with E-state index in [9.17, 15) is 0 Å². The van der Waals surface area contributed by atoms with Gasteiger partial charge in [-0.2, -0.15) is 0 Å². The Balaban J connectivity index is 2.35. The van der Waals surface area contributed by atoms with Crippen molar-refractivity contribution in [3.05, 3.63) is 11.9 Å². The number of anilines is 2. The average Bonchev–Trinajstić information content (AvgIpc) is 2.38. The van der Waals surface area contributed by atoms with Crippen molar-refractivity contribution in [2.75, 3.05) is 30.3 Å². The van der Waals surface area contributed by atoms with Crippen LogP contribution in [0.1, 0.15) is 38.2 Å². The van der Waals surface area contributed by atoms with Gasteiger partial charge in [0.15, 0.2) is 0 Å². The van der Waals surface area contributed by atoms with E-state index in [0.717, 1.165) is 56.0 Å². The summed E-state index contributed by atoms with van der Waals surface area (Å²) in [5, 5.41) is 15.2. The summed E-state index contributed by atoms with van der Waals surface area (Å²) in [6.07, 6.45) is 5.80. The predicted molar refractivity (Wildman–Crippen MR) is 75.0 cm³/mol. The molecule has 0 saturated heterocycles. The lowest BCUT2D eigenvalue weighted by atomic mass is 10.2. The second kappa shape index (κ2) is 8.69. The fourth-order valence-corrected chi connectivity index (χ4v) is 1.77. The molecule has 1 aromatic heterocycles. The van der Waals surface area contributed by atoms with Crippen molar-refractivity contribution in [3.8, 4) is 0 Å². The number of nitrogens with zero attached hydrogens (tertiary/aromatic N) is 2. The van der Waals surface area contributed by atoms with Crippen LogP contribution in [0.5, 0.6) is 0 Å². The Morgan fingerprint density at radius 1 is 1.06 bits per heavy atom. The Kier molecular flexibility index (Phi) is 7.10. The Bertz CT molecular complexity index is 344. The number of rotatable bonds is 9. The summed E-state index contributed by atoms with van der Waals surface area (Å²) in [5.41, 5.74) is 1.06. The minimum atomic E-state index is 0.296. The first-order valence-corrected chi connectivity index (χ1v) is 6.69. The highest BCUT2D eigenvalue weighted by molar-refractivity contribution is 5.56. The first-order chi connectivity index (χ1) is 8.79. The van der Waals surface area contributed by atoms with E-state index < -0.39 is 0 Å². The minimum Gasteiger partial charge on any atom is -0.396 e. The number of hydrogen-bond acceptors (Lipinski definition) is 5. The van der Waals surface area contributed by atoms with Crippen LogP contribution in [-0.4, -0.2) is 34.8 Å². The number of aromatic nitrogens is 2. The second-order valence-electron chi connectivity index (χ2n) is 4.29. The molecule has 0 amide bonds. The lowest BCUT2D eigenvalue weighted by molar-refractivity contribution is 0.283. The van der Waals surface area contributed by atoms with Crippen LogP contribution in [0, 0.1) is 6.92 Å². The Morgan fingerprint density at radius 3 is 2.39 bits per heavy atom. The first kappa shape index (κ1) is 14.7. The molecule has 0 atom stereocenters. The Hall–Kier alpha value is -1.36. The van der Waals surface area contributed by atoms with Crippen LogP contribution in [0.3, 0.4) is 0 Å². The third kappa shape index (κ3) is 4.87. The monoisotopic (exact) mass is 252 g/mol. The van der Waals surface area contributed by atoms with Crippen molar-refractivity contribution < 1.29 is 5.11 Å². The Labute approximate surface area is 109 Å². The average molecular weight is 252 g/mol. The van der Waals surface area contributed by atoms with E-state index in [0.29, 0.717) is 6.61 Å². The molecule has 5 heteroatoms. The van der Waals surface area contributed by atoms with E-state index in [1.807, 2.05) is 6.92 Å². The number of aliphatic hydroxyl groups excluding tert-OH is 1. The SMILES string of the molecule is CCNc1ncnc(NCCCCCCO)c1C. The molecule has 0 aromatic carbocycles. The Morgan fingerprint density at radius 2 is 1.72 bits per heavy atom. The van der Waals surface area contributed by atoms with E-state index >= 15 is 0 Å². The number of hydrogen-bond donors (Lipinski definition) is 3. The normalized spacial score (nSPS) is 10.4. The molecule has 0 aliphatic heterocycles. The zero-order valence-corrected chi connectivity index (χ0v) is 11.4. The summed E-state index contributed by atoms with van der Waals surface area (Å²) >= 11 is 0. The molecule has 3 N–H and O–H groups in total. The van der Waals surface area contributed by atoms with Gasteiger partial charge < -0.3 is 15.7 Å². The molecule has 102 valence electrons. The highest BCUT2D eigenvalue weighted by Gasteiger charge is 2.04. The van der Waals surface area contributed by atoms with E-state index in [2.05, 4.69) is 27.5 Å². The minimum absolute atomic E-state index is 0.296. The fourth-order valence-electron chi connectivity index (χ4n) is 1.77. The molecule has 0 aliphatic carbocycles. The van der Waals surface area contributed by atoms with Crippen LogP contribution in [-0.2, 0) is 0 Å². The van der Waals surface area contributed by atoms with Gasteiger partial charge in [0, 0.05) is 25.3 Å². The van der Waals surface area contributed by atoms with Gasteiger partial charge >= 0.3 is 0 Å². The van der Waals surface area contributed by atoms with Gasteiger partial charge in [0.05, 0.1) is 0 Å². The lowest BCUT2D eigenvalue weighted by Gasteiger charge is -2.11. The maximum absolute atomic E-state index is 8.68. The van der Waals surface area contributed by atoms with Gasteiger partial charge in [-0.3, -0.25) is 0 Å². The molecule has 0 fully saturated rings. The molecular formula is C13H24N4O. The van der Waals surface area contributed by atoms with Gasteiger partial charge in [-0.1, -0.05) is 12.8 Å². The third-order valence-corrected chi connectivity index (χ3v) is 2.81. The van der Waals surface area contributed by atoms with Gasteiger partial charge in [0.25, 0.3) is 0 Å². The van der Waals surface area contributed by atoms with Crippen LogP contribution in [0.15, 0.2) is 6.33 Å². The van der Waals surface area contributed by atoms with Crippen LogP contribution < -0.4 is 10.6 Å². The summed E-state index contributed by atoms with van der Waals surface area (Å²) in [5.74, 6) is 1.80. The summed E-state index contributed by atoms with van der Waals surface area (Å²) in [6.45, 7) is 6.14. The maximum atomic E-state index is 8.68. The van der Waals surface area contributed by atoms with Crippen molar-refractivity contribution in [3.63, 3.8) is 0 Å². The molecule has 0 bridgehead atoms. The van der Waals surface area contributed by atoms with E-state index in [-0.39, 0.29) is 0 Å². The smallest absolute Gasteiger partial charge is 0.134 e. The molecule has 0 aliphatic rings. The zero-order chi connectivity index (χ0) is 13.2. The van der Waals surface area contributed by atoms with Gasteiger partial charge in [-0.15, -0.1) is 0 Å². The van der Waals surface area contributed by atoms with Crippen LogP contribution in [0.25, 0.3) is 0 Å². The van der Waals surface area contributed by atoms with E-state index in [1.54, 1.807) is 6.33 Å². The van der Waals surface area contributed by atoms with Crippen molar-refractivity contribution in [2.45, 2.75) is 39.5 Å². The van der Waals surface area contributed by atoms with Crippen molar-refractivity contribution in [2.24, 2.45) is 0 Å². The third-order valence-electron chi connectivity index (χ3n) is 2.81. The summed E-state index contributed by atoms with van der Waals surface area (Å²) in [6, 6.07) is 0. The van der Waals surface area contributed by atoms with Crippen molar-refractivity contribution in [1.82, 2.24) is 9.97 Å². The van der Waals surface area contributed by atoms with Gasteiger partial charge in [-0.05, 0) is 26.7 Å². The highest BCUT2D eigenvalue weighted by Crippen LogP contribution is 2.17. The van der Waals surface area contributed by atoms with Crippen molar-refractivity contribution in [1.29, 1.82) is 0 Å². The molecule has 0 radical (unpaired) electrons. The van der Waals surface area contributed by atoms with E-state index in [4.69, 9.17) is 5.11 Å². The van der Waals surface area contributed by atoms with Gasteiger partial charge in [0.2, 0.25) is 0 Å². The molecule has 1 rings (SSSR count). The topological polar surface area (TPSA) is 70.1 Å². The molecule has 5 nitrogen and oxygen atoms in total. The molecule has 1 heterocycles. The highest BCUT2D eigenvalue weighted by atomic mass is 16.2. The quantitative estimate of drug-likeness (QED) is 0.588. The van der Waals surface area contributed by atoms with Crippen LogP contribution >= 0.6 is 0 Å². The predicted octanol–water partition coefficient (Wildman–Crippen LogP) is 2.18. The van der Waals surface area contributed by atoms with Crippen LogP contribution in [0.4, 0.5) is 11.6 Å². The van der Waals surface area contributed by atoms with E-state index in [1.165, 1.54) is 0 Å². The molecule has 18 heavy (non-hydrogen) atoms. The van der Waals surface area contributed by atoms with Crippen molar-refractivity contribution >= 4 is 11.6 Å².